The van der Waals surface area contributed by atoms with Gasteiger partial charge in [0.2, 0.25) is 0 Å². The Hall–Kier alpha value is -2.45. The lowest BCUT2D eigenvalue weighted by molar-refractivity contribution is 0.177. The number of pyridine rings is 1. The molecule has 0 aliphatic rings. The summed E-state index contributed by atoms with van der Waals surface area (Å²) in [6.45, 7) is 8.00. The van der Waals surface area contributed by atoms with Gasteiger partial charge in [0.25, 0.3) is 0 Å². The largest absolute Gasteiger partial charge is 0.388 e. The van der Waals surface area contributed by atoms with Crippen molar-refractivity contribution in [3.8, 4) is 11.1 Å². The molecule has 3 aromatic rings. The van der Waals surface area contributed by atoms with Gasteiger partial charge in [-0.05, 0) is 17.2 Å². The third-order valence-electron chi connectivity index (χ3n) is 3.52. The fourth-order valence-corrected chi connectivity index (χ4v) is 2.34. The molecule has 2 aromatic carbocycles. The molecule has 2 heteroatoms. The van der Waals surface area contributed by atoms with E-state index < -0.39 is 6.10 Å². The minimum Gasteiger partial charge on any atom is -0.388 e. The van der Waals surface area contributed by atoms with Crippen LogP contribution in [0, 0.1) is 0 Å². The molecule has 0 spiro atoms. The van der Waals surface area contributed by atoms with Crippen LogP contribution in [0.25, 0.3) is 11.1 Å². The van der Waals surface area contributed by atoms with Crippen molar-refractivity contribution in [3.05, 3.63) is 90.3 Å². The molecule has 2 nitrogen and oxygen atoms in total. The summed E-state index contributed by atoms with van der Waals surface area (Å²) in [5.74, 6) is 0. The molecule has 0 radical (unpaired) electrons. The molecule has 1 unspecified atom stereocenters. The maximum atomic E-state index is 10.2. The average molecular weight is 352 g/mol. The number of aliphatic hydroxyl groups excluding tert-OH is 1. The van der Waals surface area contributed by atoms with Crippen LogP contribution in [-0.4, -0.2) is 10.1 Å². The summed E-state index contributed by atoms with van der Waals surface area (Å²) in [5.41, 5.74) is 4.06. The van der Waals surface area contributed by atoms with Gasteiger partial charge in [0.15, 0.2) is 0 Å². The van der Waals surface area contributed by atoms with Crippen LogP contribution in [0.15, 0.2) is 79.0 Å². The smallest absolute Gasteiger partial charge is 0.0845 e. The van der Waals surface area contributed by atoms with E-state index in [-0.39, 0.29) is 7.43 Å². The Morgan fingerprint density at radius 1 is 0.731 bits per heavy atom. The van der Waals surface area contributed by atoms with E-state index >= 15 is 0 Å². The van der Waals surface area contributed by atoms with E-state index in [0.29, 0.717) is 6.42 Å². The number of aliphatic hydroxyl groups is 1. The monoisotopic (exact) mass is 351 g/mol. The van der Waals surface area contributed by atoms with Crippen LogP contribution < -0.4 is 0 Å². The van der Waals surface area contributed by atoms with E-state index in [1.165, 1.54) is 0 Å². The predicted octanol–water partition coefficient (Wildman–Crippen LogP) is 6.71. The molecule has 26 heavy (non-hydrogen) atoms. The Kier molecular flexibility index (Phi) is 12.5. The van der Waals surface area contributed by atoms with Crippen LogP contribution in [0.3, 0.4) is 0 Å². The highest BCUT2D eigenvalue weighted by molar-refractivity contribution is 5.62. The molecule has 3 rings (SSSR count). The standard InChI is InChI=1S/C19H17NO.2C2H6.CH4/c21-19(16-9-5-2-6-10-16)13-18-12-11-17(14-20-18)15-7-3-1-4-8-15;2*1-2;/h1-12,14,19,21H,13H2;2*1-2H3;1H4. The zero-order chi connectivity index (χ0) is 18.5. The van der Waals surface area contributed by atoms with E-state index in [1.807, 2.05) is 88.5 Å². The van der Waals surface area contributed by atoms with Crippen LogP contribution >= 0.6 is 0 Å². The number of aromatic nitrogens is 1. The van der Waals surface area contributed by atoms with Gasteiger partial charge >= 0.3 is 0 Å². The van der Waals surface area contributed by atoms with E-state index in [2.05, 4.69) is 23.2 Å². The van der Waals surface area contributed by atoms with Crippen LogP contribution in [-0.2, 0) is 6.42 Å². The van der Waals surface area contributed by atoms with Crippen LogP contribution in [0.5, 0.6) is 0 Å². The second kappa shape index (κ2) is 13.8. The number of hydrogen-bond donors (Lipinski definition) is 1. The molecule has 0 saturated heterocycles. The second-order valence-corrected chi connectivity index (χ2v) is 5.03. The van der Waals surface area contributed by atoms with Gasteiger partial charge in [-0.25, -0.2) is 0 Å². The third-order valence-corrected chi connectivity index (χ3v) is 3.52. The van der Waals surface area contributed by atoms with Crippen molar-refractivity contribution >= 4 is 0 Å². The molecule has 0 saturated carbocycles. The average Bonchev–Trinajstić information content (AvgIpc) is 2.73. The van der Waals surface area contributed by atoms with Crippen LogP contribution in [0.4, 0.5) is 0 Å². The quantitative estimate of drug-likeness (QED) is 0.566. The summed E-state index contributed by atoms with van der Waals surface area (Å²) in [6.07, 6.45) is 1.88. The molecule has 0 fully saturated rings. The van der Waals surface area contributed by atoms with E-state index in [1.54, 1.807) is 0 Å². The van der Waals surface area contributed by atoms with Crippen molar-refractivity contribution in [1.82, 2.24) is 4.98 Å². The van der Waals surface area contributed by atoms with Gasteiger partial charge in [0.1, 0.15) is 0 Å². The minimum atomic E-state index is -0.513. The zero-order valence-corrected chi connectivity index (χ0v) is 15.7. The van der Waals surface area contributed by atoms with Gasteiger partial charge in [-0.2, -0.15) is 0 Å². The fraction of sp³-hybridized carbons (Fsp3) is 0.292. The Bertz CT molecular complexity index is 678. The Balaban J connectivity index is 0.00000117. The van der Waals surface area contributed by atoms with Gasteiger partial charge < -0.3 is 5.11 Å². The molecule has 1 atom stereocenters. The van der Waals surface area contributed by atoms with Crippen molar-refractivity contribution in [2.24, 2.45) is 0 Å². The minimum absolute atomic E-state index is 0. The molecule has 0 aliphatic heterocycles. The van der Waals surface area contributed by atoms with Crippen LogP contribution in [0.2, 0.25) is 0 Å². The normalized spacial score (nSPS) is 10.2. The highest BCUT2D eigenvalue weighted by Gasteiger charge is 2.09. The molecule has 1 heterocycles. The molecule has 1 N–H and O–H groups in total. The lowest BCUT2D eigenvalue weighted by Gasteiger charge is -2.10. The zero-order valence-electron chi connectivity index (χ0n) is 15.7. The molecular formula is C24H33NO. The molecular weight excluding hydrogens is 318 g/mol. The highest BCUT2D eigenvalue weighted by Crippen LogP contribution is 2.20. The Morgan fingerprint density at radius 2 is 1.27 bits per heavy atom. The summed E-state index contributed by atoms with van der Waals surface area (Å²) in [4.78, 5) is 4.46. The van der Waals surface area contributed by atoms with Gasteiger partial charge in [-0.3, -0.25) is 4.98 Å². The number of benzene rings is 2. The fourth-order valence-electron chi connectivity index (χ4n) is 2.34. The summed E-state index contributed by atoms with van der Waals surface area (Å²) in [5, 5.41) is 10.2. The molecule has 0 amide bonds. The molecule has 1 aromatic heterocycles. The van der Waals surface area contributed by atoms with Crippen LogP contribution in [0.1, 0.15) is 52.5 Å². The van der Waals surface area contributed by atoms with E-state index in [0.717, 1.165) is 22.4 Å². The van der Waals surface area contributed by atoms with Gasteiger partial charge in [0.05, 0.1) is 6.10 Å². The summed E-state index contributed by atoms with van der Waals surface area (Å²) in [6, 6.07) is 23.9. The summed E-state index contributed by atoms with van der Waals surface area (Å²) >= 11 is 0. The van der Waals surface area contributed by atoms with E-state index in [9.17, 15) is 5.11 Å². The first-order valence-electron chi connectivity index (χ1n) is 9.06. The Morgan fingerprint density at radius 3 is 1.77 bits per heavy atom. The lowest BCUT2D eigenvalue weighted by Crippen LogP contribution is -2.03. The number of rotatable bonds is 4. The first-order chi connectivity index (χ1) is 12.3. The molecule has 140 valence electrons. The third kappa shape index (κ3) is 7.20. The second-order valence-electron chi connectivity index (χ2n) is 5.03. The predicted molar refractivity (Wildman–Crippen MR) is 114 cm³/mol. The first-order valence-corrected chi connectivity index (χ1v) is 9.06. The number of hydrogen-bond acceptors (Lipinski definition) is 2. The van der Waals surface area contributed by atoms with Crippen molar-refractivity contribution in [1.29, 1.82) is 0 Å². The summed E-state index contributed by atoms with van der Waals surface area (Å²) in [7, 11) is 0. The topological polar surface area (TPSA) is 33.1 Å². The summed E-state index contributed by atoms with van der Waals surface area (Å²) < 4.78 is 0. The van der Waals surface area contributed by atoms with Crippen molar-refractivity contribution < 1.29 is 5.11 Å². The molecule has 0 aliphatic carbocycles. The van der Waals surface area contributed by atoms with E-state index in [4.69, 9.17) is 0 Å². The maximum Gasteiger partial charge on any atom is 0.0845 e. The van der Waals surface area contributed by atoms with Gasteiger partial charge in [0, 0.05) is 23.9 Å². The van der Waals surface area contributed by atoms with Crippen molar-refractivity contribution in [2.45, 2.75) is 47.6 Å². The molecule has 0 bridgehead atoms. The SMILES string of the molecule is C.CC.CC.OC(Cc1ccc(-c2ccccc2)cn1)c1ccccc1. The first kappa shape index (κ1) is 23.5. The highest BCUT2D eigenvalue weighted by atomic mass is 16.3. The van der Waals surface area contributed by atoms with Crippen molar-refractivity contribution in [2.75, 3.05) is 0 Å². The Labute approximate surface area is 159 Å². The van der Waals surface area contributed by atoms with Gasteiger partial charge in [-0.15, -0.1) is 0 Å². The lowest BCUT2D eigenvalue weighted by atomic mass is 10.0. The van der Waals surface area contributed by atoms with Crippen molar-refractivity contribution in [3.63, 3.8) is 0 Å². The maximum absolute atomic E-state index is 10.2. The number of nitrogens with zero attached hydrogens (tertiary/aromatic N) is 1. The van der Waals surface area contributed by atoms with Gasteiger partial charge in [-0.1, -0.05) is 102 Å².